The van der Waals surface area contributed by atoms with Crippen molar-refractivity contribution in [3.05, 3.63) is 0 Å². The van der Waals surface area contributed by atoms with Crippen LogP contribution >= 0.6 is 13.2 Å². The molecule has 0 spiro atoms. The average Bonchev–Trinajstić information content (AvgIpc) is 2.43. The number of halogens is 24. The van der Waals surface area contributed by atoms with Crippen LogP contribution in [0.5, 0.6) is 0 Å². The molecule has 0 saturated carbocycles. The van der Waals surface area contributed by atoms with Crippen LogP contribution in [0.3, 0.4) is 0 Å². The minimum atomic E-state index is -12.0. The molecule has 0 amide bonds. The first-order valence-electron chi connectivity index (χ1n) is 7.96. The summed E-state index contributed by atoms with van der Waals surface area (Å²) in [7, 11) is 0. The van der Waals surface area contributed by atoms with Crippen molar-refractivity contribution < 1.29 is 105 Å². The van der Waals surface area contributed by atoms with Gasteiger partial charge in [-0.25, -0.2) is 0 Å². The molecular weight excluding hydrogens is 650 g/mol. The van der Waals surface area contributed by atoms with Gasteiger partial charge in [-0.3, -0.25) is 0 Å². The summed E-state index contributed by atoms with van der Waals surface area (Å²) in [5.74, 6) is -70.1. The topological polar surface area (TPSA) is 0 Å². The Morgan fingerprint density at radius 2 is 0.351 bits per heavy atom. The van der Waals surface area contributed by atoms with E-state index >= 15 is 0 Å². The zero-order valence-electron chi connectivity index (χ0n) is 16.1. The van der Waals surface area contributed by atoms with Gasteiger partial charge in [0.1, 0.15) is 0 Å². The maximum absolute atomic E-state index is 13.2. The quantitative estimate of drug-likeness (QED) is 0.209. The van der Waals surface area contributed by atoms with Crippen LogP contribution in [-0.4, -0.2) is 59.7 Å². The molecule has 0 atom stereocenters. The standard InChI is InChI=1S/C11H6F24P2/c12-4(13,14)36(5(15,16)17,6(18,19)20,7(21,22)23)2-1-3-37(8(24,25)26,9(27,28)29,10(30,31)32)11(33,34)35/h1-3H2. The molecular formula is C11H6F24P2. The van der Waals surface area contributed by atoms with Crippen molar-refractivity contribution in [2.45, 2.75) is 53.8 Å². The van der Waals surface area contributed by atoms with Crippen LogP contribution in [0.15, 0.2) is 0 Å². The van der Waals surface area contributed by atoms with Gasteiger partial charge in [-0.15, -0.1) is 0 Å². The zero-order valence-corrected chi connectivity index (χ0v) is 17.9. The average molecular weight is 656 g/mol. The molecule has 0 aromatic heterocycles. The number of alkyl halides is 24. The van der Waals surface area contributed by atoms with E-state index in [-0.39, 0.29) is 0 Å². The van der Waals surface area contributed by atoms with Crippen LogP contribution in [0.25, 0.3) is 0 Å². The predicted molar refractivity (Wildman–Crippen MR) is 76.6 cm³/mol. The molecule has 0 rings (SSSR count). The summed E-state index contributed by atoms with van der Waals surface area (Å²) in [4.78, 5) is 0. The van der Waals surface area contributed by atoms with Crippen molar-refractivity contribution in [1.29, 1.82) is 0 Å². The molecule has 228 valence electrons. The Hall–Kier alpha value is -0.820. The SMILES string of the molecule is FC(F)(F)P(CCCP(C(F)(F)F)(C(F)(F)F)(C(F)(F)F)C(F)(F)F)(C(F)(F)F)(C(F)(F)F)C(F)(F)F. The summed E-state index contributed by atoms with van der Waals surface area (Å²) in [6.07, 6.45) is -14.7. The molecule has 0 bridgehead atoms. The zero-order chi connectivity index (χ0) is 31.0. The van der Waals surface area contributed by atoms with E-state index in [0.29, 0.717) is 0 Å². The molecule has 0 nitrogen and oxygen atoms in total. The molecule has 0 N–H and O–H groups in total. The van der Waals surface area contributed by atoms with E-state index in [2.05, 4.69) is 0 Å². The summed E-state index contributed by atoms with van der Waals surface area (Å²) in [5.41, 5.74) is 0. The number of hydrogen-bond donors (Lipinski definition) is 0. The van der Waals surface area contributed by atoms with Gasteiger partial charge < -0.3 is 0 Å². The van der Waals surface area contributed by atoms with Gasteiger partial charge in [-0.05, 0) is 0 Å². The number of hydrogen-bond acceptors (Lipinski definition) is 0. The fourth-order valence-corrected chi connectivity index (χ4v) is 10.8. The van der Waals surface area contributed by atoms with Crippen molar-refractivity contribution in [1.82, 2.24) is 0 Å². The molecule has 0 aliphatic carbocycles. The van der Waals surface area contributed by atoms with Crippen LogP contribution < -0.4 is 0 Å². The minimum absolute atomic E-state index is 4.42. The Bertz CT molecular complexity index is 627. The van der Waals surface area contributed by atoms with Crippen LogP contribution in [0.2, 0.25) is 0 Å². The van der Waals surface area contributed by atoms with E-state index in [0.717, 1.165) is 0 Å². The van der Waals surface area contributed by atoms with Crippen LogP contribution in [0.1, 0.15) is 6.42 Å². The summed E-state index contributed by atoms with van der Waals surface area (Å²) in [6, 6.07) is 0. The molecule has 26 heteroatoms. The van der Waals surface area contributed by atoms with Crippen LogP contribution in [0, 0.1) is 0 Å². The third-order valence-corrected chi connectivity index (χ3v) is 17.1. The first kappa shape index (κ1) is 36.2. The van der Waals surface area contributed by atoms with Gasteiger partial charge >= 0.3 is 185 Å². The van der Waals surface area contributed by atoms with Crippen LogP contribution in [-0.2, 0) is 0 Å². The fourth-order valence-electron chi connectivity index (χ4n) is 3.44. The van der Waals surface area contributed by atoms with E-state index < -0.39 is 79.3 Å². The first-order valence-corrected chi connectivity index (χ1v) is 12.8. The van der Waals surface area contributed by atoms with E-state index in [1.165, 1.54) is 0 Å². The summed E-state index contributed by atoms with van der Waals surface area (Å²) >= 11 is 0. The van der Waals surface area contributed by atoms with E-state index in [9.17, 15) is 105 Å². The Labute approximate surface area is 186 Å². The number of rotatable bonds is 4. The first-order chi connectivity index (χ1) is 15.4. The van der Waals surface area contributed by atoms with Crippen molar-refractivity contribution >= 4 is 13.2 Å². The fraction of sp³-hybridized carbons (Fsp3) is 1.00. The normalized spacial score (nSPS) is 18.7. The molecule has 0 aromatic carbocycles. The van der Waals surface area contributed by atoms with Crippen molar-refractivity contribution in [3.63, 3.8) is 0 Å². The Morgan fingerprint density at radius 1 is 0.243 bits per heavy atom. The second-order valence-electron chi connectivity index (χ2n) is 7.15. The van der Waals surface area contributed by atoms with Gasteiger partial charge in [-0.1, -0.05) is 0 Å². The molecule has 0 unspecified atom stereocenters. The van der Waals surface area contributed by atoms with Gasteiger partial charge in [0.25, 0.3) is 0 Å². The second kappa shape index (κ2) is 8.34. The van der Waals surface area contributed by atoms with Gasteiger partial charge in [0.15, 0.2) is 0 Å². The maximum atomic E-state index is 13.2. The van der Waals surface area contributed by atoms with Crippen molar-refractivity contribution in [2.75, 3.05) is 12.3 Å². The van der Waals surface area contributed by atoms with Gasteiger partial charge in [0.2, 0.25) is 0 Å². The predicted octanol–water partition coefficient (Wildman–Crippen LogP) is 10.6. The molecule has 0 aromatic rings. The van der Waals surface area contributed by atoms with Gasteiger partial charge in [-0.2, -0.15) is 0 Å². The monoisotopic (exact) mass is 656 g/mol. The Morgan fingerprint density at radius 3 is 0.432 bits per heavy atom. The van der Waals surface area contributed by atoms with Crippen molar-refractivity contribution in [2.24, 2.45) is 0 Å². The molecule has 0 heterocycles. The van der Waals surface area contributed by atoms with E-state index in [4.69, 9.17) is 0 Å². The molecule has 0 radical (unpaired) electrons. The Balaban J connectivity index is 8.05. The van der Waals surface area contributed by atoms with Gasteiger partial charge in [0, 0.05) is 0 Å². The van der Waals surface area contributed by atoms with Gasteiger partial charge in [0.05, 0.1) is 0 Å². The van der Waals surface area contributed by atoms with Crippen LogP contribution in [0.4, 0.5) is 105 Å². The molecule has 37 heavy (non-hydrogen) atoms. The summed E-state index contributed by atoms with van der Waals surface area (Å²) < 4.78 is 317. The molecule has 0 fully saturated rings. The molecule has 0 aliphatic heterocycles. The third-order valence-electron chi connectivity index (χ3n) is 5.69. The summed E-state index contributed by atoms with van der Waals surface area (Å²) in [6.45, 7) is -24.0. The molecule has 0 aliphatic rings. The Kier molecular flexibility index (Phi) is 8.16. The summed E-state index contributed by atoms with van der Waals surface area (Å²) in [5, 5.41) is 0. The van der Waals surface area contributed by atoms with E-state index in [1.807, 2.05) is 0 Å². The molecule has 0 saturated heterocycles. The van der Waals surface area contributed by atoms with Crippen molar-refractivity contribution in [3.8, 4) is 0 Å². The second-order valence-corrected chi connectivity index (χ2v) is 17.3. The third kappa shape index (κ3) is 3.50. The van der Waals surface area contributed by atoms with E-state index in [1.54, 1.807) is 0 Å².